The zero-order chi connectivity index (χ0) is 38.7. The number of ether oxygens (including phenoxy) is 4. The topological polar surface area (TPSA) is 191 Å². The first-order valence-electron chi connectivity index (χ1n) is 18.4. The highest BCUT2D eigenvalue weighted by molar-refractivity contribution is 6.01. The van der Waals surface area contributed by atoms with Crippen molar-refractivity contribution < 1.29 is 38.1 Å². The van der Waals surface area contributed by atoms with E-state index in [2.05, 4.69) is 31.3 Å². The van der Waals surface area contributed by atoms with Crippen LogP contribution in [0.2, 0.25) is 0 Å². The molecule has 2 N–H and O–H groups in total. The van der Waals surface area contributed by atoms with Crippen LogP contribution in [-0.4, -0.2) is 93.4 Å². The van der Waals surface area contributed by atoms with Gasteiger partial charge in [0.15, 0.2) is 11.4 Å². The third-order valence-electron chi connectivity index (χ3n) is 8.17. The molecule has 4 aromatic rings. The quantitative estimate of drug-likeness (QED) is 0.0626. The molecule has 0 fully saturated rings. The molecule has 0 radical (unpaired) electrons. The Balaban J connectivity index is 1.11. The number of nitrogens with one attached hydrogen (secondary N) is 2. The van der Waals surface area contributed by atoms with E-state index < -0.39 is 23.9 Å². The molecule has 16 heteroatoms. The van der Waals surface area contributed by atoms with E-state index in [1.54, 1.807) is 27.7 Å². The molecule has 0 aliphatic carbocycles. The van der Waals surface area contributed by atoms with Crippen molar-refractivity contribution in [3.05, 3.63) is 93.6 Å². The monoisotopic (exact) mass is 746 g/mol. The van der Waals surface area contributed by atoms with Gasteiger partial charge in [0.1, 0.15) is 0 Å². The van der Waals surface area contributed by atoms with Crippen LogP contribution in [0.1, 0.15) is 118 Å². The van der Waals surface area contributed by atoms with Crippen molar-refractivity contribution in [2.75, 3.05) is 39.5 Å². The van der Waals surface area contributed by atoms with Crippen LogP contribution in [-0.2, 0) is 45.1 Å². The number of carbonyl (C=O) groups excluding carboxylic acids is 4. The van der Waals surface area contributed by atoms with Crippen LogP contribution in [0.4, 0.5) is 0 Å². The molecule has 2 aromatic heterocycles. The summed E-state index contributed by atoms with van der Waals surface area (Å²) >= 11 is 0. The average Bonchev–Trinajstić information content (AvgIpc) is 3.79. The van der Waals surface area contributed by atoms with Crippen LogP contribution in [0.5, 0.6) is 0 Å². The van der Waals surface area contributed by atoms with E-state index in [4.69, 9.17) is 18.9 Å². The number of nitrogens with zero attached hydrogens (tertiary/aromatic N) is 6. The molecule has 0 aliphatic heterocycles. The van der Waals surface area contributed by atoms with Gasteiger partial charge in [-0.05, 0) is 75.9 Å². The number of hydrogen-bond donors (Lipinski definition) is 2. The highest BCUT2D eigenvalue weighted by Gasteiger charge is 2.29. The Morgan fingerprint density at radius 3 is 1.19 bits per heavy atom. The minimum absolute atomic E-state index is 0.0220. The van der Waals surface area contributed by atoms with E-state index in [0.29, 0.717) is 0 Å². The summed E-state index contributed by atoms with van der Waals surface area (Å²) in [4.78, 5) is 49.7. The summed E-state index contributed by atoms with van der Waals surface area (Å²) in [7, 11) is 0. The Hall–Kier alpha value is -5.48. The molecular formula is C38H50N8O8. The van der Waals surface area contributed by atoms with Crippen LogP contribution in [0.25, 0.3) is 0 Å². The van der Waals surface area contributed by atoms with Gasteiger partial charge in [0, 0.05) is 13.1 Å². The van der Waals surface area contributed by atoms with Crippen LogP contribution < -0.4 is 10.6 Å². The molecule has 0 atom stereocenters. The van der Waals surface area contributed by atoms with Gasteiger partial charge in [0.25, 0.3) is 0 Å². The number of rotatable bonds is 23. The second-order valence-corrected chi connectivity index (χ2v) is 12.2. The molecule has 290 valence electrons. The zero-order valence-corrected chi connectivity index (χ0v) is 31.5. The van der Waals surface area contributed by atoms with Crippen LogP contribution in [0, 0.1) is 0 Å². The molecule has 4 rings (SSSR count). The van der Waals surface area contributed by atoms with Crippen LogP contribution >= 0.6 is 0 Å². The van der Waals surface area contributed by atoms with Crippen LogP contribution in [0.3, 0.4) is 0 Å². The van der Waals surface area contributed by atoms with Crippen molar-refractivity contribution in [2.24, 2.45) is 0 Å². The molecular weight excluding hydrogens is 696 g/mol. The molecule has 0 aliphatic rings. The van der Waals surface area contributed by atoms with Crippen molar-refractivity contribution >= 4 is 23.9 Å². The second kappa shape index (κ2) is 21.9. The predicted octanol–water partition coefficient (Wildman–Crippen LogP) is 4.11. The average molecular weight is 747 g/mol. The Kier molecular flexibility index (Phi) is 16.7. The van der Waals surface area contributed by atoms with Gasteiger partial charge in [-0.1, -0.05) is 71.8 Å². The van der Waals surface area contributed by atoms with Crippen molar-refractivity contribution in [1.29, 1.82) is 0 Å². The van der Waals surface area contributed by atoms with Gasteiger partial charge in [-0.2, -0.15) is 0 Å². The summed E-state index contributed by atoms with van der Waals surface area (Å²) in [5, 5.41) is 22.8. The number of benzene rings is 2. The second-order valence-electron chi connectivity index (χ2n) is 12.2. The summed E-state index contributed by atoms with van der Waals surface area (Å²) < 4.78 is 23.0. The first-order chi connectivity index (χ1) is 26.3. The Morgan fingerprint density at radius 2 is 0.833 bits per heavy atom. The van der Waals surface area contributed by atoms with Crippen LogP contribution in [0.15, 0.2) is 48.5 Å². The van der Waals surface area contributed by atoms with E-state index >= 15 is 0 Å². The lowest BCUT2D eigenvalue weighted by atomic mass is 10.1. The molecule has 2 heterocycles. The maximum absolute atomic E-state index is 12.6. The number of esters is 4. The van der Waals surface area contributed by atoms with E-state index in [1.165, 1.54) is 9.36 Å². The molecule has 0 unspecified atom stereocenters. The third kappa shape index (κ3) is 12.0. The SMILES string of the molecule is CCOC(=O)c1nnn(Cc2ccc(CNCCCCCCNCc3ccc(Cn4nnc(C(=O)OCC)c4C(=O)OCC)cc3)cc2)c1C(=O)OCC. The summed E-state index contributed by atoms with van der Waals surface area (Å²) in [6, 6.07) is 16.0. The third-order valence-corrected chi connectivity index (χ3v) is 8.17. The molecule has 0 amide bonds. The van der Waals surface area contributed by atoms with E-state index in [-0.39, 0.29) is 62.3 Å². The molecule has 16 nitrogen and oxygen atoms in total. The minimum atomic E-state index is -0.713. The molecule has 0 bridgehead atoms. The fourth-order valence-corrected chi connectivity index (χ4v) is 5.51. The summed E-state index contributed by atoms with van der Waals surface area (Å²) in [6.45, 7) is 11.2. The summed E-state index contributed by atoms with van der Waals surface area (Å²) in [5.41, 5.74) is 3.72. The summed E-state index contributed by atoms with van der Waals surface area (Å²) in [5.74, 6) is -2.77. The minimum Gasteiger partial charge on any atom is -0.461 e. The first-order valence-corrected chi connectivity index (χ1v) is 18.4. The lowest BCUT2D eigenvalue weighted by Crippen LogP contribution is -2.18. The maximum atomic E-state index is 12.6. The Morgan fingerprint density at radius 1 is 0.500 bits per heavy atom. The van der Waals surface area contributed by atoms with Gasteiger partial charge in [0.2, 0.25) is 11.4 Å². The molecule has 2 aromatic carbocycles. The largest absolute Gasteiger partial charge is 0.461 e. The highest BCUT2D eigenvalue weighted by atomic mass is 16.5. The highest BCUT2D eigenvalue weighted by Crippen LogP contribution is 2.15. The van der Waals surface area contributed by atoms with Gasteiger partial charge in [0.05, 0.1) is 39.5 Å². The van der Waals surface area contributed by atoms with Crippen molar-refractivity contribution in [3.63, 3.8) is 0 Å². The van der Waals surface area contributed by atoms with Gasteiger partial charge in [-0.15, -0.1) is 10.2 Å². The predicted molar refractivity (Wildman–Crippen MR) is 197 cm³/mol. The Bertz CT molecular complexity index is 1670. The van der Waals surface area contributed by atoms with Crippen molar-refractivity contribution in [3.8, 4) is 0 Å². The number of carbonyl (C=O) groups is 4. The summed E-state index contributed by atoms with van der Waals surface area (Å²) in [6.07, 6.45) is 4.42. The maximum Gasteiger partial charge on any atom is 0.361 e. The zero-order valence-electron chi connectivity index (χ0n) is 31.5. The first kappa shape index (κ1) is 41.3. The number of unbranched alkanes of at least 4 members (excludes halogenated alkanes) is 3. The number of aromatic nitrogens is 6. The smallest absolute Gasteiger partial charge is 0.361 e. The van der Waals surface area contributed by atoms with E-state index in [9.17, 15) is 19.2 Å². The van der Waals surface area contributed by atoms with Gasteiger partial charge >= 0.3 is 23.9 Å². The fourth-order valence-electron chi connectivity index (χ4n) is 5.51. The molecule has 0 spiro atoms. The van der Waals surface area contributed by atoms with Crippen molar-refractivity contribution in [2.45, 2.75) is 79.6 Å². The molecule has 0 saturated carbocycles. The number of hydrogen-bond acceptors (Lipinski definition) is 14. The standard InChI is InChI=1S/C38H50N8O8/c1-5-51-35(47)31-33(37(49)53-7-3)45(43-41-31)25-29-17-13-27(14-18-29)23-39-21-11-9-10-12-22-40-24-28-15-19-30(20-16-28)26-46-34(38(50)54-8-4)32(42-44-46)36(48)52-6-2/h13-20,39-40H,5-12,21-26H2,1-4H3. The van der Waals surface area contributed by atoms with Crippen molar-refractivity contribution in [1.82, 2.24) is 40.6 Å². The molecule has 0 saturated heterocycles. The fraction of sp³-hybridized carbons (Fsp3) is 0.474. The molecule has 54 heavy (non-hydrogen) atoms. The van der Waals surface area contributed by atoms with E-state index in [0.717, 1.165) is 74.1 Å². The van der Waals surface area contributed by atoms with E-state index in [1.807, 2.05) is 48.5 Å². The lowest BCUT2D eigenvalue weighted by molar-refractivity contribution is 0.0467. The van der Waals surface area contributed by atoms with Gasteiger partial charge in [-0.3, -0.25) is 0 Å². The van der Waals surface area contributed by atoms with Gasteiger partial charge < -0.3 is 29.6 Å². The van der Waals surface area contributed by atoms with Gasteiger partial charge in [-0.25, -0.2) is 28.5 Å². The Labute approximate surface area is 314 Å². The normalized spacial score (nSPS) is 11.0. The lowest BCUT2D eigenvalue weighted by Gasteiger charge is -2.09.